The number of rotatable bonds is 1. The van der Waals surface area contributed by atoms with Crippen LogP contribution in [0.15, 0.2) is 22.6 Å². The highest BCUT2D eigenvalue weighted by Crippen LogP contribution is 2.29. The van der Waals surface area contributed by atoms with Crippen LogP contribution < -0.4 is 0 Å². The molecule has 0 amide bonds. The van der Waals surface area contributed by atoms with Crippen molar-refractivity contribution < 1.29 is 9.21 Å². The number of carbonyl (C=O) groups is 1. The first kappa shape index (κ1) is 8.32. The molecule has 66 valence electrons. The third-order valence-corrected chi connectivity index (χ3v) is 2.30. The van der Waals surface area contributed by atoms with Gasteiger partial charge >= 0.3 is 0 Å². The summed E-state index contributed by atoms with van der Waals surface area (Å²) >= 11 is 5.90. The zero-order valence-corrected chi connectivity index (χ0v) is 7.76. The maximum absolute atomic E-state index is 10.5. The molecule has 1 aromatic carbocycles. The summed E-state index contributed by atoms with van der Waals surface area (Å²) in [5, 5.41) is 1.19. The third kappa shape index (κ3) is 1.23. The number of hydrogen-bond acceptors (Lipinski definition) is 2. The molecule has 0 aliphatic rings. The highest BCUT2D eigenvalue weighted by molar-refractivity contribution is 6.37. The average molecular weight is 195 g/mol. The Morgan fingerprint density at radius 1 is 1.46 bits per heavy atom. The topological polar surface area (TPSA) is 30.2 Å². The van der Waals surface area contributed by atoms with Crippen molar-refractivity contribution in [2.45, 2.75) is 6.92 Å². The summed E-state index contributed by atoms with van der Waals surface area (Å²) in [5.41, 5.74) is 1.74. The van der Waals surface area contributed by atoms with E-state index in [1.54, 1.807) is 0 Å². The quantitative estimate of drug-likeness (QED) is 0.653. The van der Waals surface area contributed by atoms with Crippen molar-refractivity contribution in [2.75, 3.05) is 0 Å². The van der Waals surface area contributed by atoms with Crippen molar-refractivity contribution in [1.82, 2.24) is 0 Å². The Kier molecular flexibility index (Phi) is 1.85. The smallest absolute Gasteiger partial charge is 0.186 e. The SMILES string of the molecule is Cc1ccc2oc(C=O)c(Cl)c2c1. The molecule has 13 heavy (non-hydrogen) atoms. The average Bonchev–Trinajstić information content (AvgIpc) is 2.44. The fourth-order valence-electron chi connectivity index (χ4n) is 1.28. The van der Waals surface area contributed by atoms with Crippen LogP contribution in [0.2, 0.25) is 5.02 Å². The fraction of sp³-hybridized carbons (Fsp3) is 0.100. The lowest BCUT2D eigenvalue weighted by Crippen LogP contribution is -1.72. The van der Waals surface area contributed by atoms with Crippen molar-refractivity contribution in [3.05, 3.63) is 34.5 Å². The van der Waals surface area contributed by atoms with E-state index in [0.717, 1.165) is 10.9 Å². The van der Waals surface area contributed by atoms with Gasteiger partial charge in [0.2, 0.25) is 0 Å². The molecule has 0 saturated carbocycles. The second-order valence-corrected chi connectivity index (χ2v) is 3.28. The molecule has 2 rings (SSSR count). The van der Waals surface area contributed by atoms with E-state index in [9.17, 15) is 4.79 Å². The molecule has 0 atom stereocenters. The Balaban J connectivity index is 2.84. The molecule has 1 aromatic heterocycles. The van der Waals surface area contributed by atoms with Crippen LogP contribution >= 0.6 is 11.6 Å². The van der Waals surface area contributed by atoms with Gasteiger partial charge in [0.05, 0.1) is 5.02 Å². The van der Waals surface area contributed by atoms with Crippen molar-refractivity contribution in [3.8, 4) is 0 Å². The summed E-state index contributed by atoms with van der Waals surface area (Å²) in [5.74, 6) is 0.197. The summed E-state index contributed by atoms with van der Waals surface area (Å²) in [6.45, 7) is 1.96. The van der Waals surface area contributed by atoms with Crippen molar-refractivity contribution in [1.29, 1.82) is 0 Å². The Morgan fingerprint density at radius 3 is 2.92 bits per heavy atom. The Labute approximate surface area is 80.1 Å². The largest absolute Gasteiger partial charge is 0.452 e. The molecule has 2 nitrogen and oxygen atoms in total. The van der Waals surface area contributed by atoms with Gasteiger partial charge in [0.15, 0.2) is 12.0 Å². The van der Waals surface area contributed by atoms with E-state index in [2.05, 4.69) is 0 Å². The van der Waals surface area contributed by atoms with Gasteiger partial charge in [-0.15, -0.1) is 0 Å². The zero-order chi connectivity index (χ0) is 9.42. The minimum atomic E-state index is 0.197. The molecule has 0 aliphatic heterocycles. The highest BCUT2D eigenvalue weighted by Gasteiger charge is 2.10. The number of aryl methyl sites for hydroxylation is 1. The van der Waals surface area contributed by atoms with Crippen LogP contribution in [0.25, 0.3) is 11.0 Å². The second kappa shape index (κ2) is 2.89. The number of hydrogen-bond donors (Lipinski definition) is 0. The number of benzene rings is 1. The van der Waals surface area contributed by atoms with E-state index in [-0.39, 0.29) is 5.76 Å². The predicted octanol–water partition coefficient (Wildman–Crippen LogP) is 3.21. The number of carbonyl (C=O) groups excluding carboxylic acids is 1. The molecule has 0 fully saturated rings. The molecule has 0 spiro atoms. The molecular formula is C10H7ClO2. The van der Waals surface area contributed by atoms with Crippen LogP contribution in [0.4, 0.5) is 0 Å². The van der Waals surface area contributed by atoms with E-state index in [4.69, 9.17) is 16.0 Å². The number of aldehydes is 1. The first-order valence-electron chi connectivity index (χ1n) is 3.86. The van der Waals surface area contributed by atoms with E-state index in [1.165, 1.54) is 0 Å². The fourth-order valence-corrected chi connectivity index (χ4v) is 1.51. The summed E-state index contributed by atoms with van der Waals surface area (Å²) in [7, 11) is 0. The van der Waals surface area contributed by atoms with Crippen LogP contribution in [-0.4, -0.2) is 6.29 Å². The molecule has 2 aromatic rings. The minimum Gasteiger partial charge on any atom is -0.452 e. The van der Waals surface area contributed by atoms with Gasteiger partial charge in [-0.25, -0.2) is 0 Å². The Morgan fingerprint density at radius 2 is 2.23 bits per heavy atom. The van der Waals surface area contributed by atoms with Gasteiger partial charge in [-0.05, 0) is 19.1 Å². The molecule has 0 N–H and O–H groups in total. The van der Waals surface area contributed by atoms with E-state index < -0.39 is 0 Å². The Hall–Kier alpha value is -1.28. The zero-order valence-electron chi connectivity index (χ0n) is 7.00. The number of furan rings is 1. The van der Waals surface area contributed by atoms with Gasteiger partial charge in [0.25, 0.3) is 0 Å². The van der Waals surface area contributed by atoms with Crippen LogP contribution in [-0.2, 0) is 0 Å². The Bertz CT molecular complexity index is 471. The lowest BCUT2D eigenvalue weighted by molar-refractivity contribution is 0.110. The monoisotopic (exact) mass is 194 g/mol. The van der Waals surface area contributed by atoms with Crippen LogP contribution in [0.1, 0.15) is 16.1 Å². The summed E-state index contributed by atoms with van der Waals surface area (Å²) in [6.07, 6.45) is 0.623. The van der Waals surface area contributed by atoms with E-state index in [0.29, 0.717) is 16.9 Å². The number of halogens is 1. The maximum Gasteiger partial charge on any atom is 0.186 e. The highest BCUT2D eigenvalue weighted by atomic mass is 35.5. The maximum atomic E-state index is 10.5. The molecule has 1 heterocycles. The molecule has 0 unspecified atom stereocenters. The lowest BCUT2D eigenvalue weighted by atomic mass is 10.2. The molecule has 3 heteroatoms. The van der Waals surface area contributed by atoms with Gasteiger partial charge in [0, 0.05) is 5.39 Å². The van der Waals surface area contributed by atoms with Crippen LogP contribution in [0.3, 0.4) is 0 Å². The van der Waals surface area contributed by atoms with Gasteiger partial charge in [-0.3, -0.25) is 4.79 Å². The van der Waals surface area contributed by atoms with E-state index >= 15 is 0 Å². The van der Waals surface area contributed by atoms with E-state index in [1.807, 2.05) is 25.1 Å². The van der Waals surface area contributed by atoms with Crippen LogP contribution in [0, 0.1) is 6.92 Å². The number of fused-ring (bicyclic) bond motifs is 1. The van der Waals surface area contributed by atoms with Gasteiger partial charge in [0.1, 0.15) is 5.58 Å². The molecular weight excluding hydrogens is 188 g/mol. The third-order valence-electron chi connectivity index (χ3n) is 1.91. The molecule has 0 saturated heterocycles. The molecule has 0 bridgehead atoms. The normalized spacial score (nSPS) is 10.6. The first-order chi connectivity index (χ1) is 6.22. The van der Waals surface area contributed by atoms with Crippen molar-refractivity contribution >= 4 is 28.9 Å². The van der Waals surface area contributed by atoms with Gasteiger partial charge in [-0.2, -0.15) is 0 Å². The molecule has 0 radical (unpaired) electrons. The summed E-state index contributed by atoms with van der Waals surface area (Å²) in [6, 6.07) is 5.62. The first-order valence-corrected chi connectivity index (χ1v) is 4.24. The lowest BCUT2D eigenvalue weighted by Gasteiger charge is -1.90. The van der Waals surface area contributed by atoms with Gasteiger partial charge in [-0.1, -0.05) is 23.2 Å². The summed E-state index contributed by atoms with van der Waals surface area (Å²) in [4.78, 5) is 10.5. The molecule has 0 aliphatic carbocycles. The minimum absolute atomic E-state index is 0.197. The van der Waals surface area contributed by atoms with Crippen molar-refractivity contribution in [3.63, 3.8) is 0 Å². The van der Waals surface area contributed by atoms with Gasteiger partial charge < -0.3 is 4.42 Å². The van der Waals surface area contributed by atoms with Crippen LogP contribution in [0.5, 0.6) is 0 Å². The van der Waals surface area contributed by atoms with Crippen molar-refractivity contribution in [2.24, 2.45) is 0 Å². The predicted molar refractivity (Wildman–Crippen MR) is 51.3 cm³/mol. The second-order valence-electron chi connectivity index (χ2n) is 2.90. The summed E-state index contributed by atoms with van der Waals surface area (Å²) < 4.78 is 5.20. The standard InChI is InChI=1S/C10H7ClO2/c1-6-2-3-8-7(4-6)10(11)9(5-12)13-8/h2-5H,1H3.